The quantitative estimate of drug-likeness (QED) is 0.880. The fourth-order valence-electron chi connectivity index (χ4n) is 2.00. The van der Waals surface area contributed by atoms with E-state index < -0.39 is 21.8 Å². The molecule has 0 saturated carbocycles. The van der Waals surface area contributed by atoms with E-state index in [-0.39, 0.29) is 10.8 Å². The van der Waals surface area contributed by atoms with Gasteiger partial charge in [-0.3, -0.25) is 4.72 Å². The van der Waals surface area contributed by atoms with Gasteiger partial charge in [0.15, 0.2) is 0 Å². The van der Waals surface area contributed by atoms with Crippen LogP contribution in [0.15, 0.2) is 53.4 Å². The van der Waals surface area contributed by atoms with Gasteiger partial charge >= 0.3 is 6.18 Å². The number of hydrogen-bond donors (Lipinski definition) is 1. The summed E-state index contributed by atoms with van der Waals surface area (Å²) >= 11 is 0. The average molecular weight is 343 g/mol. The van der Waals surface area contributed by atoms with Gasteiger partial charge in [0.1, 0.15) is 0 Å². The Balaban J connectivity index is 2.27. The van der Waals surface area contributed by atoms with E-state index >= 15 is 0 Å². The molecule has 0 heterocycles. The molecule has 0 aliphatic heterocycles. The molecule has 2 aromatic carbocycles. The molecular formula is C16H16F3NO2S. The van der Waals surface area contributed by atoms with E-state index in [4.69, 9.17) is 0 Å². The van der Waals surface area contributed by atoms with Gasteiger partial charge in [0.05, 0.1) is 10.5 Å². The van der Waals surface area contributed by atoms with Gasteiger partial charge in [0, 0.05) is 5.69 Å². The molecule has 2 rings (SSSR count). The van der Waals surface area contributed by atoms with Crippen LogP contribution in [0.2, 0.25) is 0 Å². The summed E-state index contributed by atoms with van der Waals surface area (Å²) < 4.78 is 64.4. The molecule has 0 unspecified atom stereocenters. The number of nitrogens with one attached hydrogen (secondary N) is 1. The highest BCUT2D eigenvalue weighted by Gasteiger charge is 2.30. The molecule has 124 valence electrons. The number of alkyl halides is 3. The second kappa shape index (κ2) is 6.23. The second-order valence-corrected chi connectivity index (χ2v) is 7.09. The Labute approximate surface area is 133 Å². The third kappa shape index (κ3) is 4.25. The smallest absolute Gasteiger partial charge is 0.280 e. The molecule has 1 N–H and O–H groups in total. The van der Waals surface area contributed by atoms with Crippen molar-refractivity contribution in [2.24, 2.45) is 0 Å². The van der Waals surface area contributed by atoms with Gasteiger partial charge in [0.25, 0.3) is 10.0 Å². The molecule has 0 spiro atoms. The Morgan fingerprint density at radius 2 is 1.61 bits per heavy atom. The molecule has 0 saturated heterocycles. The normalized spacial score (nSPS) is 12.4. The minimum atomic E-state index is -4.50. The molecule has 2 aromatic rings. The van der Waals surface area contributed by atoms with Crippen molar-refractivity contribution in [2.45, 2.75) is 30.8 Å². The number of anilines is 1. The Morgan fingerprint density at radius 3 is 2.13 bits per heavy atom. The van der Waals surface area contributed by atoms with Crippen LogP contribution in [0.3, 0.4) is 0 Å². The van der Waals surface area contributed by atoms with Gasteiger partial charge < -0.3 is 0 Å². The first-order valence-corrected chi connectivity index (χ1v) is 8.38. The fraction of sp³-hybridized carbons (Fsp3) is 0.250. The third-order valence-corrected chi connectivity index (χ3v) is 4.69. The van der Waals surface area contributed by atoms with E-state index in [1.165, 1.54) is 0 Å². The van der Waals surface area contributed by atoms with Gasteiger partial charge in [-0.15, -0.1) is 0 Å². The van der Waals surface area contributed by atoms with Crippen molar-refractivity contribution in [2.75, 3.05) is 4.72 Å². The lowest BCUT2D eigenvalue weighted by molar-refractivity contribution is -0.137. The maximum absolute atomic E-state index is 12.5. The lowest BCUT2D eigenvalue weighted by atomic mass is 10.0. The Bertz CT molecular complexity index is 782. The first-order valence-electron chi connectivity index (χ1n) is 6.89. The Kier molecular flexibility index (Phi) is 4.70. The zero-order valence-electron chi connectivity index (χ0n) is 12.6. The minimum Gasteiger partial charge on any atom is -0.280 e. The van der Waals surface area contributed by atoms with Crippen molar-refractivity contribution in [3.63, 3.8) is 0 Å². The zero-order chi connectivity index (χ0) is 17.3. The third-order valence-electron chi connectivity index (χ3n) is 3.30. The van der Waals surface area contributed by atoms with Crippen LogP contribution in [-0.2, 0) is 16.2 Å². The van der Waals surface area contributed by atoms with E-state index in [1.807, 2.05) is 19.9 Å². The van der Waals surface area contributed by atoms with E-state index in [0.717, 1.165) is 29.8 Å². The summed E-state index contributed by atoms with van der Waals surface area (Å²) in [6.07, 6.45) is -4.50. The summed E-state index contributed by atoms with van der Waals surface area (Å²) in [6, 6.07) is 10.3. The summed E-state index contributed by atoms with van der Waals surface area (Å²) in [5.74, 6) is 0.227. The molecule has 3 nitrogen and oxygen atoms in total. The number of rotatable bonds is 4. The molecule has 0 radical (unpaired) electrons. The number of hydrogen-bond acceptors (Lipinski definition) is 2. The van der Waals surface area contributed by atoms with Crippen molar-refractivity contribution in [1.82, 2.24) is 0 Å². The van der Waals surface area contributed by atoms with Gasteiger partial charge in [-0.2, -0.15) is 13.2 Å². The SMILES string of the molecule is CC(C)c1cccc(NS(=O)(=O)c2ccc(C(F)(F)F)cc2)c1. The van der Waals surface area contributed by atoms with Crippen LogP contribution >= 0.6 is 0 Å². The predicted molar refractivity (Wildman–Crippen MR) is 82.8 cm³/mol. The van der Waals surface area contributed by atoms with E-state index in [2.05, 4.69) is 4.72 Å². The molecule has 0 atom stereocenters. The minimum absolute atomic E-state index is 0.222. The summed E-state index contributed by atoms with van der Waals surface area (Å²) in [4.78, 5) is -0.222. The van der Waals surface area contributed by atoms with E-state index in [9.17, 15) is 21.6 Å². The standard InChI is InChI=1S/C16H16F3NO2S/c1-11(2)12-4-3-5-14(10-12)20-23(21,22)15-8-6-13(7-9-15)16(17,18)19/h3-11,20H,1-2H3. The van der Waals surface area contributed by atoms with Gasteiger partial charge in [-0.25, -0.2) is 8.42 Å². The highest BCUT2D eigenvalue weighted by Crippen LogP contribution is 2.30. The second-order valence-electron chi connectivity index (χ2n) is 5.41. The monoisotopic (exact) mass is 343 g/mol. The topological polar surface area (TPSA) is 46.2 Å². The van der Waals surface area contributed by atoms with Crippen LogP contribution in [0.25, 0.3) is 0 Å². The highest BCUT2D eigenvalue weighted by molar-refractivity contribution is 7.92. The maximum Gasteiger partial charge on any atom is 0.416 e. The molecule has 0 amide bonds. The van der Waals surface area contributed by atoms with E-state index in [0.29, 0.717) is 5.69 Å². The van der Waals surface area contributed by atoms with Crippen molar-refractivity contribution in [3.05, 3.63) is 59.7 Å². The van der Waals surface area contributed by atoms with Crippen molar-refractivity contribution < 1.29 is 21.6 Å². The lowest BCUT2D eigenvalue weighted by Crippen LogP contribution is -2.14. The first kappa shape index (κ1) is 17.3. The van der Waals surface area contributed by atoms with Crippen molar-refractivity contribution >= 4 is 15.7 Å². The molecule has 0 fully saturated rings. The van der Waals surface area contributed by atoms with Crippen LogP contribution in [-0.4, -0.2) is 8.42 Å². The predicted octanol–water partition coefficient (Wildman–Crippen LogP) is 4.63. The molecular weight excluding hydrogens is 327 g/mol. The average Bonchev–Trinajstić information content (AvgIpc) is 2.46. The Morgan fingerprint density at radius 1 is 1.00 bits per heavy atom. The fourth-order valence-corrected chi connectivity index (χ4v) is 3.05. The molecule has 0 aliphatic carbocycles. The van der Waals surface area contributed by atoms with Crippen molar-refractivity contribution in [3.8, 4) is 0 Å². The number of benzene rings is 2. The molecule has 7 heteroatoms. The first-order chi connectivity index (χ1) is 10.6. The van der Waals surface area contributed by atoms with E-state index in [1.54, 1.807) is 18.2 Å². The van der Waals surface area contributed by atoms with Gasteiger partial charge in [0.2, 0.25) is 0 Å². The van der Waals surface area contributed by atoms with Gasteiger partial charge in [-0.1, -0.05) is 26.0 Å². The number of sulfonamides is 1. The van der Waals surface area contributed by atoms with Crippen LogP contribution in [0, 0.1) is 0 Å². The largest absolute Gasteiger partial charge is 0.416 e. The summed E-state index contributed by atoms with van der Waals surface area (Å²) in [7, 11) is -3.94. The lowest BCUT2D eigenvalue weighted by Gasteiger charge is -2.12. The van der Waals surface area contributed by atoms with Crippen LogP contribution in [0.4, 0.5) is 18.9 Å². The van der Waals surface area contributed by atoms with Gasteiger partial charge in [-0.05, 0) is 47.9 Å². The molecule has 23 heavy (non-hydrogen) atoms. The summed E-state index contributed by atoms with van der Waals surface area (Å²) in [5, 5.41) is 0. The molecule has 0 aliphatic rings. The van der Waals surface area contributed by atoms with Crippen LogP contribution < -0.4 is 4.72 Å². The van der Waals surface area contributed by atoms with Crippen LogP contribution in [0.1, 0.15) is 30.9 Å². The summed E-state index contributed by atoms with van der Waals surface area (Å²) in [6.45, 7) is 3.95. The highest BCUT2D eigenvalue weighted by atomic mass is 32.2. The molecule has 0 bridgehead atoms. The maximum atomic E-state index is 12.5. The summed E-state index contributed by atoms with van der Waals surface area (Å²) in [5.41, 5.74) is 0.437. The zero-order valence-corrected chi connectivity index (χ0v) is 13.4. The van der Waals surface area contributed by atoms with Crippen molar-refractivity contribution in [1.29, 1.82) is 0 Å². The molecule has 0 aromatic heterocycles. The number of halogens is 3. The van der Waals surface area contributed by atoms with Crippen LogP contribution in [0.5, 0.6) is 0 Å². The Hall–Kier alpha value is -2.02.